The minimum absolute atomic E-state index is 0.0200. The Hall–Kier alpha value is -1.43. The van der Waals surface area contributed by atoms with Crippen LogP contribution in [0.25, 0.3) is 0 Å². The van der Waals surface area contributed by atoms with E-state index in [-0.39, 0.29) is 11.2 Å². The third-order valence-corrected chi connectivity index (χ3v) is 6.93. The van der Waals surface area contributed by atoms with Gasteiger partial charge in [-0.05, 0) is 23.3 Å². The van der Waals surface area contributed by atoms with Gasteiger partial charge in [0.2, 0.25) is 5.91 Å². The second kappa shape index (κ2) is 11.4. The summed E-state index contributed by atoms with van der Waals surface area (Å²) in [5.74, 6) is 3.16. The molecule has 3 nitrogen and oxygen atoms in total. The average Bonchev–Trinajstić information content (AvgIpc) is 2.75. The predicted octanol–water partition coefficient (Wildman–Crippen LogP) is 4.47. The van der Waals surface area contributed by atoms with Gasteiger partial charge in [0.25, 0.3) is 0 Å². The van der Waals surface area contributed by atoms with Crippen LogP contribution in [0.5, 0.6) is 0 Å². The molecule has 1 atom stereocenters. The van der Waals surface area contributed by atoms with Crippen LogP contribution < -0.4 is 0 Å². The molecule has 0 aliphatic carbocycles. The minimum atomic E-state index is 0.0200. The first-order valence-electron chi connectivity index (χ1n) is 9.46. The standard InChI is InChI=1S/C22H27NO2S2/c24-22(23-12-14-25-15-13-23)21(27-18-20-9-5-2-6-10-20)11-16-26-17-19-7-3-1-4-8-19/h1-10,21H,11-18H2. The quantitative estimate of drug-likeness (QED) is 0.580. The molecule has 5 heteroatoms. The first-order chi connectivity index (χ1) is 13.3. The number of amides is 1. The first kappa shape index (κ1) is 20.3. The van der Waals surface area contributed by atoms with Crippen molar-refractivity contribution in [1.82, 2.24) is 4.90 Å². The normalized spacial score (nSPS) is 15.5. The van der Waals surface area contributed by atoms with Gasteiger partial charge in [-0.1, -0.05) is 60.7 Å². The van der Waals surface area contributed by atoms with Crippen molar-refractivity contribution in [3.05, 3.63) is 71.8 Å². The molecule has 27 heavy (non-hydrogen) atoms. The van der Waals surface area contributed by atoms with E-state index in [1.54, 1.807) is 11.8 Å². The highest BCUT2D eigenvalue weighted by atomic mass is 32.2. The Morgan fingerprint density at radius 1 is 0.926 bits per heavy atom. The monoisotopic (exact) mass is 401 g/mol. The zero-order valence-corrected chi connectivity index (χ0v) is 17.2. The number of benzene rings is 2. The smallest absolute Gasteiger partial charge is 0.235 e. The van der Waals surface area contributed by atoms with E-state index in [9.17, 15) is 4.79 Å². The van der Waals surface area contributed by atoms with E-state index in [4.69, 9.17) is 4.74 Å². The Bertz CT molecular complexity index is 675. The molecule has 1 aliphatic heterocycles. The number of nitrogens with zero attached hydrogens (tertiary/aromatic N) is 1. The molecule has 0 N–H and O–H groups in total. The maximum atomic E-state index is 13.0. The van der Waals surface area contributed by atoms with E-state index in [1.807, 2.05) is 28.8 Å². The molecule has 0 spiro atoms. The summed E-state index contributed by atoms with van der Waals surface area (Å²) in [4.78, 5) is 15.0. The number of hydrogen-bond acceptors (Lipinski definition) is 4. The maximum Gasteiger partial charge on any atom is 0.235 e. The molecule has 0 aromatic heterocycles. The van der Waals surface area contributed by atoms with Crippen LogP contribution in [-0.2, 0) is 21.0 Å². The van der Waals surface area contributed by atoms with Gasteiger partial charge in [-0.2, -0.15) is 11.8 Å². The number of thioether (sulfide) groups is 2. The fourth-order valence-corrected chi connectivity index (χ4v) is 5.28. The third kappa shape index (κ3) is 6.91. The summed E-state index contributed by atoms with van der Waals surface area (Å²) in [5, 5.41) is 0.0200. The molecule has 144 valence electrons. The van der Waals surface area contributed by atoms with Crippen LogP contribution in [0.2, 0.25) is 0 Å². The highest BCUT2D eigenvalue weighted by Gasteiger charge is 2.26. The molecule has 1 saturated heterocycles. The molecular weight excluding hydrogens is 374 g/mol. The van der Waals surface area contributed by atoms with E-state index in [1.165, 1.54) is 11.1 Å². The fourth-order valence-electron chi connectivity index (χ4n) is 2.99. The second-order valence-electron chi connectivity index (χ2n) is 6.55. The summed E-state index contributed by atoms with van der Waals surface area (Å²) in [7, 11) is 0. The maximum absolute atomic E-state index is 13.0. The van der Waals surface area contributed by atoms with Crippen LogP contribution in [0.3, 0.4) is 0 Å². The Morgan fingerprint density at radius 3 is 2.15 bits per heavy atom. The molecule has 1 aliphatic rings. The number of rotatable bonds is 9. The summed E-state index contributed by atoms with van der Waals surface area (Å²) in [5.41, 5.74) is 2.62. The summed E-state index contributed by atoms with van der Waals surface area (Å²) in [6.45, 7) is 2.76. The van der Waals surface area contributed by atoms with Crippen molar-refractivity contribution >= 4 is 29.4 Å². The lowest BCUT2D eigenvalue weighted by molar-refractivity contribution is -0.134. The van der Waals surface area contributed by atoms with Gasteiger partial charge in [-0.3, -0.25) is 4.79 Å². The zero-order valence-electron chi connectivity index (χ0n) is 15.6. The van der Waals surface area contributed by atoms with Crippen LogP contribution >= 0.6 is 23.5 Å². The van der Waals surface area contributed by atoms with Crippen molar-refractivity contribution in [2.24, 2.45) is 0 Å². The van der Waals surface area contributed by atoms with E-state index in [2.05, 4.69) is 48.5 Å². The van der Waals surface area contributed by atoms with Gasteiger partial charge in [-0.15, -0.1) is 11.8 Å². The van der Waals surface area contributed by atoms with Crippen molar-refractivity contribution in [2.75, 3.05) is 32.1 Å². The molecule has 0 saturated carbocycles. The van der Waals surface area contributed by atoms with Crippen molar-refractivity contribution in [3.63, 3.8) is 0 Å². The van der Waals surface area contributed by atoms with Gasteiger partial charge < -0.3 is 9.64 Å². The molecule has 1 amide bonds. The summed E-state index contributed by atoms with van der Waals surface area (Å²) < 4.78 is 5.40. The fraction of sp³-hybridized carbons (Fsp3) is 0.409. The Labute approximate surface area is 170 Å². The highest BCUT2D eigenvalue weighted by Crippen LogP contribution is 2.25. The zero-order chi connectivity index (χ0) is 18.7. The van der Waals surface area contributed by atoms with Crippen LogP contribution in [-0.4, -0.2) is 48.1 Å². The van der Waals surface area contributed by atoms with E-state index in [0.717, 1.165) is 36.8 Å². The molecule has 2 aromatic rings. The van der Waals surface area contributed by atoms with Gasteiger partial charge in [0.15, 0.2) is 0 Å². The third-order valence-electron chi connectivity index (χ3n) is 4.53. The molecule has 2 aromatic carbocycles. The predicted molar refractivity (Wildman–Crippen MR) is 116 cm³/mol. The van der Waals surface area contributed by atoms with Gasteiger partial charge >= 0.3 is 0 Å². The van der Waals surface area contributed by atoms with Crippen molar-refractivity contribution < 1.29 is 9.53 Å². The average molecular weight is 402 g/mol. The largest absolute Gasteiger partial charge is 0.378 e. The van der Waals surface area contributed by atoms with Crippen molar-refractivity contribution in [3.8, 4) is 0 Å². The lowest BCUT2D eigenvalue weighted by atomic mass is 10.2. The van der Waals surface area contributed by atoms with E-state index < -0.39 is 0 Å². The Morgan fingerprint density at radius 2 is 1.52 bits per heavy atom. The van der Waals surface area contributed by atoms with Crippen molar-refractivity contribution in [2.45, 2.75) is 23.2 Å². The molecule has 1 fully saturated rings. The highest BCUT2D eigenvalue weighted by molar-refractivity contribution is 8.00. The van der Waals surface area contributed by atoms with Crippen LogP contribution in [0.15, 0.2) is 60.7 Å². The molecule has 0 bridgehead atoms. The number of carbonyl (C=O) groups is 1. The molecule has 1 heterocycles. The van der Waals surface area contributed by atoms with Gasteiger partial charge in [-0.25, -0.2) is 0 Å². The lowest BCUT2D eigenvalue weighted by Gasteiger charge is -2.30. The van der Waals surface area contributed by atoms with Crippen LogP contribution in [0.4, 0.5) is 0 Å². The molecule has 1 unspecified atom stereocenters. The van der Waals surface area contributed by atoms with Gasteiger partial charge in [0.1, 0.15) is 0 Å². The summed E-state index contributed by atoms with van der Waals surface area (Å²) in [6, 6.07) is 20.9. The molecule has 3 rings (SSSR count). The van der Waals surface area contributed by atoms with Crippen molar-refractivity contribution in [1.29, 1.82) is 0 Å². The Kier molecular flexibility index (Phi) is 8.59. The van der Waals surface area contributed by atoms with Crippen LogP contribution in [0, 0.1) is 0 Å². The summed E-state index contributed by atoms with van der Waals surface area (Å²) >= 11 is 3.69. The number of carbonyl (C=O) groups excluding carboxylic acids is 1. The van der Waals surface area contributed by atoms with E-state index in [0.29, 0.717) is 13.2 Å². The number of ether oxygens (including phenoxy) is 1. The summed E-state index contributed by atoms with van der Waals surface area (Å²) in [6.07, 6.45) is 0.908. The van der Waals surface area contributed by atoms with Gasteiger partial charge in [0, 0.05) is 24.6 Å². The minimum Gasteiger partial charge on any atom is -0.378 e. The first-order valence-corrected chi connectivity index (χ1v) is 11.7. The lowest BCUT2D eigenvalue weighted by Crippen LogP contribution is -2.45. The van der Waals surface area contributed by atoms with E-state index >= 15 is 0 Å². The SMILES string of the molecule is O=C(C(CCSCc1ccccc1)SCc1ccccc1)N1CCOCC1. The number of hydrogen-bond donors (Lipinski definition) is 0. The van der Waals surface area contributed by atoms with Crippen LogP contribution in [0.1, 0.15) is 17.5 Å². The topological polar surface area (TPSA) is 29.5 Å². The number of morpholine rings is 1. The molecule has 0 radical (unpaired) electrons. The second-order valence-corrected chi connectivity index (χ2v) is 8.85. The van der Waals surface area contributed by atoms with Gasteiger partial charge in [0.05, 0.1) is 18.5 Å². The molecular formula is C22H27NO2S2. The Balaban J connectivity index is 1.52.